The number of aromatic nitrogens is 1. The van der Waals surface area contributed by atoms with Crippen LogP contribution >= 0.6 is 0 Å². The van der Waals surface area contributed by atoms with Crippen molar-refractivity contribution in [2.24, 2.45) is 0 Å². The van der Waals surface area contributed by atoms with Crippen LogP contribution in [0, 0.1) is 0 Å². The van der Waals surface area contributed by atoms with Crippen LogP contribution in [0.3, 0.4) is 0 Å². The summed E-state index contributed by atoms with van der Waals surface area (Å²) in [7, 11) is 0. The monoisotopic (exact) mass is 525 g/mol. The van der Waals surface area contributed by atoms with Crippen LogP contribution in [0.2, 0.25) is 0 Å². The van der Waals surface area contributed by atoms with E-state index in [1.165, 1.54) is 55.2 Å². The third-order valence-electron chi connectivity index (χ3n) is 9.22. The van der Waals surface area contributed by atoms with Crippen molar-refractivity contribution in [2.75, 3.05) is 0 Å². The van der Waals surface area contributed by atoms with Crippen LogP contribution in [0.25, 0.3) is 71.7 Å². The Kier molecular flexibility index (Phi) is 4.42. The molecular formula is C39H27NO. The van der Waals surface area contributed by atoms with Crippen molar-refractivity contribution in [1.29, 1.82) is 0 Å². The van der Waals surface area contributed by atoms with Gasteiger partial charge in [-0.25, -0.2) is 0 Å². The summed E-state index contributed by atoms with van der Waals surface area (Å²) in [4.78, 5) is 0. The van der Waals surface area contributed by atoms with Crippen LogP contribution < -0.4 is 0 Å². The summed E-state index contributed by atoms with van der Waals surface area (Å²) in [6.45, 7) is 4.68. The van der Waals surface area contributed by atoms with Crippen LogP contribution in [0.5, 0.6) is 0 Å². The van der Waals surface area contributed by atoms with E-state index in [0.717, 1.165) is 27.6 Å². The van der Waals surface area contributed by atoms with E-state index < -0.39 is 0 Å². The number of para-hydroxylation sites is 2. The van der Waals surface area contributed by atoms with Gasteiger partial charge in [-0.15, -0.1) is 0 Å². The molecule has 8 aromatic rings. The van der Waals surface area contributed by atoms with E-state index in [0.29, 0.717) is 0 Å². The molecule has 0 radical (unpaired) electrons. The van der Waals surface area contributed by atoms with Crippen LogP contribution in [0.4, 0.5) is 0 Å². The van der Waals surface area contributed by atoms with Crippen molar-refractivity contribution in [3.05, 3.63) is 139 Å². The first-order valence-electron chi connectivity index (χ1n) is 14.3. The summed E-state index contributed by atoms with van der Waals surface area (Å²) in [6, 6.07) is 46.2. The lowest BCUT2D eigenvalue weighted by Gasteiger charge is -2.21. The van der Waals surface area contributed by atoms with Gasteiger partial charge in [0.25, 0.3) is 0 Å². The number of hydrogen-bond donors (Lipinski definition) is 0. The highest BCUT2D eigenvalue weighted by Gasteiger charge is 2.36. The minimum Gasteiger partial charge on any atom is -0.456 e. The maximum absolute atomic E-state index is 6.26. The predicted octanol–water partition coefficient (Wildman–Crippen LogP) is 10.7. The number of hydrogen-bond acceptors (Lipinski definition) is 1. The Balaban J connectivity index is 1.25. The van der Waals surface area contributed by atoms with Gasteiger partial charge in [0.1, 0.15) is 11.2 Å². The van der Waals surface area contributed by atoms with E-state index in [-0.39, 0.29) is 5.41 Å². The fraction of sp³-hybridized carbons (Fsp3) is 0.0769. The second-order valence-electron chi connectivity index (χ2n) is 11.8. The minimum atomic E-state index is -0.00651. The molecule has 2 aromatic heterocycles. The van der Waals surface area contributed by atoms with E-state index in [1.54, 1.807) is 0 Å². The molecule has 0 amide bonds. The van der Waals surface area contributed by atoms with Crippen molar-refractivity contribution in [1.82, 2.24) is 4.57 Å². The first-order valence-corrected chi connectivity index (χ1v) is 14.3. The number of fused-ring (bicyclic) bond motifs is 9. The average molecular weight is 526 g/mol. The van der Waals surface area contributed by atoms with Gasteiger partial charge in [0.05, 0.1) is 11.0 Å². The van der Waals surface area contributed by atoms with Crippen LogP contribution in [-0.2, 0) is 5.41 Å². The molecule has 0 unspecified atom stereocenters. The van der Waals surface area contributed by atoms with Crippen molar-refractivity contribution in [3.63, 3.8) is 0 Å². The zero-order chi connectivity index (χ0) is 27.3. The van der Waals surface area contributed by atoms with Crippen LogP contribution in [0.15, 0.2) is 132 Å². The molecule has 0 saturated carbocycles. The first kappa shape index (κ1) is 22.7. The van der Waals surface area contributed by atoms with Crippen molar-refractivity contribution in [2.45, 2.75) is 19.3 Å². The molecule has 0 N–H and O–H groups in total. The molecule has 0 saturated heterocycles. The number of furan rings is 1. The summed E-state index contributed by atoms with van der Waals surface area (Å²) in [5.41, 5.74) is 13.4. The summed E-state index contributed by atoms with van der Waals surface area (Å²) in [5.74, 6) is 0. The summed E-state index contributed by atoms with van der Waals surface area (Å²) < 4.78 is 8.65. The Hall–Kier alpha value is -5.08. The lowest BCUT2D eigenvalue weighted by Crippen LogP contribution is -2.14. The first-order chi connectivity index (χ1) is 20.1. The molecule has 0 spiro atoms. The molecule has 1 aliphatic carbocycles. The quantitative estimate of drug-likeness (QED) is 0.219. The number of nitrogens with zero attached hydrogens (tertiary/aromatic N) is 1. The molecule has 9 rings (SSSR count). The highest BCUT2D eigenvalue weighted by molar-refractivity contribution is 6.17. The normalized spacial score (nSPS) is 13.8. The van der Waals surface area contributed by atoms with Crippen LogP contribution in [0.1, 0.15) is 25.0 Å². The van der Waals surface area contributed by atoms with Gasteiger partial charge >= 0.3 is 0 Å². The summed E-state index contributed by atoms with van der Waals surface area (Å²) >= 11 is 0. The average Bonchev–Trinajstić information content (AvgIpc) is 3.62. The number of rotatable bonds is 2. The third-order valence-corrected chi connectivity index (χ3v) is 9.22. The second kappa shape index (κ2) is 7.99. The Morgan fingerprint density at radius 3 is 2.10 bits per heavy atom. The minimum absolute atomic E-state index is 0.00651. The van der Waals surface area contributed by atoms with Gasteiger partial charge in [-0.2, -0.15) is 0 Å². The third kappa shape index (κ3) is 3.02. The lowest BCUT2D eigenvalue weighted by molar-refractivity contribution is 0.660. The SMILES string of the molecule is CC1(C)c2ccccc2-c2c(-c3ccc(-n4c5ccccc5c5cc6oc7ccccc7c6cc54)cc3)cccc21. The van der Waals surface area contributed by atoms with Crippen molar-refractivity contribution in [3.8, 4) is 27.9 Å². The van der Waals surface area contributed by atoms with E-state index in [9.17, 15) is 0 Å². The van der Waals surface area contributed by atoms with E-state index in [4.69, 9.17) is 4.42 Å². The number of benzene rings is 6. The summed E-state index contributed by atoms with van der Waals surface area (Å²) in [5, 5.41) is 4.73. The van der Waals surface area contributed by atoms with Gasteiger partial charge in [0.2, 0.25) is 0 Å². The Bertz CT molecular complexity index is 2330. The zero-order valence-electron chi connectivity index (χ0n) is 23.0. The Morgan fingerprint density at radius 2 is 1.22 bits per heavy atom. The molecule has 2 heterocycles. The van der Waals surface area contributed by atoms with Gasteiger partial charge in [-0.1, -0.05) is 105 Å². The molecule has 41 heavy (non-hydrogen) atoms. The molecule has 0 bridgehead atoms. The topological polar surface area (TPSA) is 18.1 Å². The molecule has 1 aliphatic rings. The fourth-order valence-electron chi connectivity index (χ4n) is 7.25. The van der Waals surface area contributed by atoms with Gasteiger partial charge in [0, 0.05) is 32.6 Å². The van der Waals surface area contributed by atoms with Crippen LogP contribution in [-0.4, -0.2) is 4.57 Å². The maximum atomic E-state index is 6.26. The molecule has 2 heteroatoms. The smallest absolute Gasteiger partial charge is 0.136 e. The molecule has 194 valence electrons. The molecule has 0 aliphatic heterocycles. The molecule has 0 fully saturated rings. The highest BCUT2D eigenvalue weighted by atomic mass is 16.3. The fourth-order valence-corrected chi connectivity index (χ4v) is 7.25. The van der Waals surface area contributed by atoms with Gasteiger partial charge in [0.15, 0.2) is 0 Å². The van der Waals surface area contributed by atoms with E-state index in [1.807, 2.05) is 12.1 Å². The highest BCUT2D eigenvalue weighted by Crippen LogP contribution is 2.52. The van der Waals surface area contributed by atoms with E-state index in [2.05, 4.69) is 134 Å². The molecular weight excluding hydrogens is 498 g/mol. The largest absolute Gasteiger partial charge is 0.456 e. The second-order valence-corrected chi connectivity index (χ2v) is 11.8. The van der Waals surface area contributed by atoms with Crippen molar-refractivity contribution >= 4 is 43.7 Å². The molecule has 2 nitrogen and oxygen atoms in total. The van der Waals surface area contributed by atoms with Crippen molar-refractivity contribution < 1.29 is 4.42 Å². The standard InChI is InChI=1S/C39H27NO/c1-39(2)32-14-6-3-12-29(32)38-26(13-9-15-33(38)39)24-18-20-25(21-19-24)40-34-16-7-4-10-27(34)30-23-37-31(22-35(30)40)28-11-5-8-17-36(28)41-37/h3-23H,1-2H3. The molecule has 0 atom stereocenters. The molecule has 6 aromatic carbocycles. The zero-order valence-corrected chi connectivity index (χ0v) is 23.0. The predicted molar refractivity (Wildman–Crippen MR) is 171 cm³/mol. The van der Waals surface area contributed by atoms with Gasteiger partial charge < -0.3 is 8.98 Å². The maximum Gasteiger partial charge on any atom is 0.136 e. The Labute approximate surface area is 238 Å². The van der Waals surface area contributed by atoms with Gasteiger partial charge in [-0.3, -0.25) is 0 Å². The van der Waals surface area contributed by atoms with E-state index >= 15 is 0 Å². The van der Waals surface area contributed by atoms with Gasteiger partial charge in [-0.05, 0) is 69.8 Å². The summed E-state index contributed by atoms with van der Waals surface area (Å²) in [6.07, 6.45) is 0. The lowest BCUT2D eigenvalue weighted by atomic mass is 9.82. The Morgan fingerprint density at radius 1 is 0.512 bits per heavy atom.